The van der Waals surface area contributed by atoms with Crippen molar-refractivity contribution in [2.45, 2.75) is 32.7 Å². The van der Waals surface area contributed by atoms with Gasteiger partial charge in [0.1, 0.15) is 0 Å². The van der Waals surface area contributed by atoms with Gasteiger partial charge in [-0.05, 0) is 12.8 Å². The van der Waals surface area contributed by atoms with Crippen LogP contribution in [-0.4, -0.2) is 25.3 Å². The molecule has 0 radical (unpaired) electrons. The van der Waals surface area contributed by atoms with Gasteiger partial charge in [0, 0.05) is 7.05 Å². The molecule has 0 aromatic rings. The Bertz CT molecular complexity index is 112. The highest BCUT2D eigenvalue weighted by Crippen LogP contribution is 2.03. The molecule has 66 valence electrons. The zero-order valence-corrected chi connectivity index (χ0v) is 8.00. The minimum Gasteiger partial charge on any atom is -0.302 e. The lowest BCUT2D eigenvalue weighted by molar-refractivity contribution is -0.129. The molecule has 0 saturated heterocycles. The van der Waals surface area contributed by atoms with E-state index in [-0.39, 0.29) is 0 Å². The first kappa shape index (κ1) is 10.7. The van der Waals surface area contributed by atoms with Crippen LogP contribution < -0.4 is 0 Å². The average Bonchev–Trinajstić information content (AvgIpc) is 2.05. The van der Waals surface area contributed by atoms with Gasteiger partial charge in [0.2, 0.25) is 0 Å². The second kappa shape index (κ2) is 6.38. The van der Waals surface area contributed by atoms with Gasteiger partial charge in [-0.2, -0.15) is 5.06 Å². The number of rotatable bonds is 5. The quantitative estimate of drug-likeness (QED) is 0.448. The first-order chi connectivity index (χ1) is 5.26. The number of allylic oxidation sites excluding steroid dienone is 1. The van der Waals surface area contributed by atoms with Crippen LogP contribution in [0.3, 0.4) is 0 Å². The molecule has 0 saturated carbocycles. The van der Waals surface area contributed by atoms with Crippen LogP contribution >= 0.6 is 0 Å². The summed E-state index contributed by atoms with van der Waals surface area (Å²) in [6.07, 6.45) is 6.53. The first-order valence-electron chi connectivity index (χ1n) is 4.19. The highest BCUT2D eigenvalue weighted by atomic mass is 16.7. The fourth-order valence-corrected chi connectivity index (χ4v) is 0.943. The molecule has 0 amide bonds. The first-order valence-corrected chi connectivity index (χ1v) is 4.19. The Morgan fingerprint density at radius 2 is 2.09 bits per heavy atom. The van der Waals surface area contributed by atoms with E-state index >= 15 is 0 Å². The normalized spacial score (nSPS) is 14.6. The second-order valence-electron chi connectivity index (χ2n) is 2.54. The SMILES string of the molecule is CCC=CC(CC)N(C)OC. The molecule has 0 aliphatic heterocycles. The Morgan fingerprint density at radius 3 is 2.45 bits per heavy atom. The van der Waals surface area contributed by atoms with Crippen molar-refractivity contribution in [1.29, 1.82) is 0 Å². The second-order valence-corrected chi connectivity index (χ2v) is 2.54. The number of nitrogens with zero attached hydrogens (tertiary/aromatic N) is 1. The zero-order chi connectivity index (χ0) is 8.69. The molecule has 0 N–H and O–H groups in total. The van der Waals surface area contributed by atoms with Crippen molar-refractivity contribution in [2.24, 2.45) is 0 Å². The van der Waals surface area contributed by atoms with Crippen molar-refractivity contribution in [3.63, 3.8) is 0 Å². The Hall–Kier alpha value is -0.340. The largest absolute Gasteiger partial charge is 0.302 e. The Labute approximate surface area is 69.8 Å². The summed E-state index contributed by atoms with van der Waals surface area (Å²) in [6, 6.07) is 0.417. The van der Waals surface area contributed by atoms with Crippen LogP contribution in [0, 0.1) is 0 Å². The van der Waals surface area contributed by atoms with Gasteiger partial charge < -0.3 is 4.84 Å². The number of likely N-dealkylation sites (N-methyl/N-ethyl adjacent to an activating group) is 1. The summed E-state index contributed by atoms with van der Waals surface area (Å²) < 4.78 is 0. The topological polar surface area (TPSA) is 12.5 Å². The van der Waals surface area contributed by atoms with Crippen LogP contribution in [0.4, 0.5) is 0 Å². The van der Waals surface area contributed by atoms with Gasteiger partial charge >= 0.3 is 0 Å². The fourth-order valence-electron chi connectivity index (χ4n) is 0.943. The van der Waals surface area contributed by atoms with E-state index in [2.05, 4.69) is 26.0 Å². The Kier molecular flexibility index (Phi) is 6.18. The van der Waals surface area contributed by atoms with Crippen molar-refractivity contribution in [2.75, 3.05) is 14.2 Å². The van der Waals surface area contributed by atoms with E-state index in [1.54, 1.807) is 7.11 Å². The van der Waals surface area contributed by atoms with Crippen LogP contribution in [0.25, 0.3) is 0 Å². The van der Waals surface area contributed by atoms with Gasteiger partial charge in [-0.25, -0.2) is 0 Å². The van der Waals surface area contributed by atoms with Gasteiger partial charge in [-0.15, -0.1) is 0 Å². The van der Waals surface area contributed by atoms with Gasteiger partial charge in [-0.3, -0.25) is 0 Å². The van der Waals surface area contributed by atoms with E-state index in [1.165, 1.54) is 0 Å². The monoisotopic (exact) mass is 157 g/mol. The van der Waals surface area contributed by atoms with Gasteiger partial charge in [0.05, 0.1) is 13.2 Å². The minimum atomic E-state index is 0.417. The minimum absolute atomic E-state index is 0.417. The summed E-state index contributed by atoms with van der Waals surface area (Å²) in [5.74, 6) is 0. The molecule has 1 atom stereocenters. The lowest BCUT2D eigenvalue weighted by atomic mass is 10.2. The van der Waals surface area contributed by atoms with Gasteiger partial charge in [0.25, 0.3) is 0 Å². The van der Waals surface area contributed by atoms with Crippen molar-refractivity contribution in [3.05, 3.63) is 12.2 Å². The molecule has 2 heteroatoms. The van der Waals surface area contributed by atoms with E-state index in [0.29, 0.717) is 6.04 Å². The molecule has 2 nitrogen and oxygen atoms in total. The van der Waals surface area contributed by atoms with Crippen LogP contribution in [-0.2, 0) is 4.84 Å². The van der Waals surface area contributed by atoms with Crippen molar-refractivity contribution in [1.82, 2.24) is 5.06 Å². The van der Waals surface area contributed by atoms with Crippen LogP contribution in [0.2, 0.25) is 0 Å². The molecule has 0 aromatic carbocycles. The third-order valence-electron chi connectivity index (χ3n) is 1.77. The standard InChI is InChI=1S/C9H19NO/c1-5-7-8-9(6-2)10(3)11-4/h7-9H,5-6H2,1-4H3. The van der Waals surface area contributed by atoms with E-state index in [9.17, 15) is 0 Å². The summed E-state index contributed by atoms with van der Waals surface area (Å²) in [5.41, 5.74) is 0. The summed E-state index contributed by atoms with van der Waals surface area (Å²) in [4.78, 5) is 5.08. The number of hydrogen-bond donors (Lipinski definition) is 0. The maximum Gasteiger partial charge on any atom is 0.0575 e. The Balaban J connectivity index is 3.83. The van der Waals surface area contributed by atoms with Crippen LogP contribution in [0.15, 0.2) is 12.2 Å². The number of hydrogen-bond acceptors (Lipinski definition) is 2. The predicted octanol–water partition coefficient (Wildman–Crippen LogP) is 2.22. The lowest BCUT2D eigenvalue weighted by Gasteiger charge is -2.21. The van der Waals surface area contributed by atoms with E-state index in [1.807, 2.05) is 12.1 Å². The maximum absolute atomic E-state index is 5.08. The molecule has 0 aliphatic rings. The molecule has 0 aliphatic carbocycles. The molecule has 0 rings (SSSR count). The molecule has 1 unspecified atom stereocenters. The van der Waals surface area contributed by atoms with Gasteiger partial charge in [-0.1, -0.05) is 26.0 Å². The molecular weight excluding hydrogens is 138 g/mol. The molecule has 0 bridgehead atoms. The molecular formula is C9H19NO. The molecule has 0 heterocycles. The van der Waals surface area contributed by atoms with E-state index < -0.39 is 0 Å². The highest BCUT2D eigenvalue weighted by molar-refractivity contribution is 4.90. The molecule has 0 fully saturated rings. The summed E-state index contributed by atoms with van der Waals surface area (Å²) in [7, 11) is 3.65. The van der Waals surface area contributed by atoms with Crippen molar-refractivity contribution in [3.8, 4) is 0 Å². The third kappa shape index (κ3) is 4.17. The van der Waals surface area contributed by atoms with Crippen LogP contribution in [0.1, 0.15) is 26.7 Å². The van der Waals surface area contributed by atoms with Crippen molar-refractivity contribution >= 4 is 0 Å². The van der Waals surface area contributed by atoms with Gasteiger partial charge in [0.15, 0.2) is 0 Å². The van der Waals surface area contributed by atoms with E-state index in [4.69, 9.17) is 4.84 Å². The maximum atomic E-state index is 5.08. The average molecular weight is 157 g/mol. The summed E-state index contributed by atoms with van der Waals surface area (Å²) in [6.45, 7) is 4.29. The molecule has 0 spiro atoms. The summed E-state index contributed by atoms with van der Waals surface area (Å²) >= 11 is 0. The molecule has 11 heavy (non-hydrogen) atoms. The zero-order valence-electron chi connectivity index (χ0n) is 8.00. The smallest absolute Gasteiger partial charge is 0.0575 e. The van der Waals surface area contributed by atoms with Crippen molar-refractivity contribution < 1.29 is 4.84 Å². The third-order valence-corrected chi connectivity index (χ3v) is 1.77. The number of hydroxylamine groups is 2. The lowest BCUT2D eigenvalue weighted by Crippen LogP contribution is -2.28. The predicted molar refractivity (Wildman–Crippen MR) is 48.3 cm³/mol. The Morgan fingerprint density at radius 1 is 1.45 bits per heavy atom. The fraction of sp³-hybridized carbons (Fsp3) is 0.778. The molecule has 0 aromatic heterocycles. The summed E-state index contributed by atoms with van der Waals surface area (Å²) in [5, 5.41) is 1.87. The highest BCUT2D eigenvalue weighted by Gasteiger charge is 2.06. The van der Waals surface area contributed by atoms with E-state index in [0.717, 1.165) is 12.8 Å². The van der Waals surface area contributed by atoms with Crippen LogP contribution in [0.5, 0.6) is 0 Å².